The lowest BCUT2D eigenvalue weighted by atomic mass is 10.1. The van der Waals surface area contributed by atoms with Gasteiger partial charge in [0.2, 0.25) is 0 Å². The summed E-state index contributed by atoms with van der Waals surface area (Å²) in [6.45, 7) is 5.29. The zero-order valence-electron chi connectivity index (χ0n) is 10.2. The van der Waals surface area contributed by atoms with Crippen molar-refractivity contribution in [1.82, 2.24) is 9.88 Å². The topological polar surface area (TPSA) is 45.0 Å². The molecule has 1 fully saturated rings. The van der Waals surface area contributed by atoms with Gasteiger partial charge in [-0.1, -0.05) is 12.1 Å². The standard InChI is InChI=1S/C14H19N3/c1-10-2-3-13-11(7-16-14(13)6-10)8-17-5-4-12(15)9-17/h2-3,6-7,12,16H,4-5,8-9,15H2,1H3. The molecule has 3 N–H and O–H groups in total. The number of nitrogens with two attached hydrogens (primary N) is 1. The Morgan fingerprint density at radius 1 is 1.47 bits per heavy atom. The van der Waals surface area contributed by atoms with E-state index in [1.54, 1.807) is 0 Å². The molecule has 1 unspecified atom stereocenters. The molecule has 0 radical (unpaired) electrons. The van der Waals surface area contributed by atoms with E-state index in [-0.39, 0.29) is 0 Å². The van der Waals surface area contributed by atoms with E-state index in [1.165, 1.54) is 22.0 Å². The van der Waals surface area contributed by atoms with Crippen molar-refractivity contribution in [2.45, 2.75) is 25.9 Å². The van der Waals surface area contributed by atoms with Crippen LogP contribution in [0.2, 0.25) is 0 Å². The summed E-state index contributed by atoms with van der Waals surface area (Å²) < 4.78 is 0. The van der Waals surface area contributed by atoms with Gasteiger partial charge in [-0.05, 0) is 30.5 Å². The molecule has 17 heavy (non-hydrogen) atoms. The summed E-state index contributed by atoms with van der Waals surface area (Å²) >= 11 is 0. The van der Waals surface area contributed by atoms with Crippen molar-refractivity contribution in [1.29, 1.82) is 0 Å². The van der Waals surface area contributed by atoms with Crippen LogP contribution in [0.3, 0.4) is 0 Å². The largest absolute Gasteiger partial charge is 0.361 e. The maximum Gasteiger partial charge on any atom is 0.0459 e. The molecule has 1 atom stereocenters. The van der Waals surface area contributed by atoms with Gasteiger partial charge in [0, 0.05) is 42.8 Å². The molecule has 1 aliphatic rings. The summed E-state index contributed by atoms with van der Waals surface area (Å²) in [5, 5.41) is 1.34. The molecule has 2 heterocycles. The summed E-state index contributed by atoms with van der Waals surface area (Å²) in [5.74, 6) is 0. The monoisotopic (exact) mass is 229 g/mol. The Morgan fingerprint density at radius 2 is 2.35 bits per heavy atom. The molecule has 3 heteroatoms. The minimum atomic E-state index is 0.363. The fourth-order valence-corrected chi connectivity index (χ4v) is 2.68. The Bertz CT molecular complexity index is 529. The van der Waals surface area contributed by atoms with Gasteiger partial charge in [-0.15, -0.1) is 0 Å². The van der Waals surface area contributed by atoms with Crippen molar-refractivity contribution in [3.8, 4) is 0 Å². The number of H-pyrrole nitrogens is 1. The van der Waals surface area contributed by atoms with Crippen LogP contribution in [0.25, 0.3) is 10.9 Å². The van der Waals surface area contributed by atoms with Crippen LogP contribution in [0.4, 0.5) is 0 Å². The van der Waals surface area contributed by atoms with Gasteiger partial charge in [0.05, 0.1) is 0 Å². The number of hydrogen-bond donors (Lipinski definition) is 2. The number of aryl methyl sites for hydroxylation is 1. The number of nitrogens with one attached hydrogen (secondary N) is 1. The number of hydrogen-bond acceptors (Lipinski definition) is 2. The smallest absolute Gasteiger partial charge is 0.0459 e. The van der Waals surface area contributed by atoms with Crippen LogP contribution in [0.1, 0.15) is 17.5 Å². The fraction of sp³-hybridized carbons (Fsp3) is 0.429. The average molecular weight is 229 g/mol. The third kappa shape index (κ3) is 2.08. The highest BCUT2D eigenvalue weighted by Crippen LogP contribution is 2.22. The second kappa shape index (κ2) is 4.17. The van der Waals surface area contributed by atoms with Crippen LogP contribution >= 0.6 is 0 Å². The number of nitrogens with zero attached hydrogens (tertiary/aromatic N) is 1. The Hall–Kier alpha value is -1.32. The second-order valence-electron chi connectivity index (χ2n) is 5.15. The van der Waals surface area contributed by atoms with Gasteiger partial charge in [-0.25, -0.2) is 0 Å². The lowest BCUT2D eigenvalue weighted by molar-refractivity contribution is 0.328. The van der Waals surface area contributed by atoms with Crippen molar-refractivity contribution >= 4 is 10.9 Å². The maximum absolute atomic E-state index is 5.94. The van der Waals surface area contributed by atoms with Gasteiger partial charge in [-0.3, -0.25) is 4.90 Å². The zero-order chi connectivity index (χ0) is 11.8. The molecule has 1 saturated heterocycles. The van der Waals surface area contributed by atoms with E-state index in [2.05, 4.69) is 41.2 Å². The van der Waals surface area contributed by atoms with Crippen molar-refractivity contribution in [2.24, 2.45) is 5.73 Å². The average Bonchev–Trinajstić information content (AvgIpc) is 2.86. The first-order valence-corrected chi connectivity index (χ1v) is 6.27. The van der Waals surface area contributed by atoms with Crippen LogP contribution < -0.4 is 5.73 Å². The van der Waals surface area contributed by atoms with E-state index >= 15 is 0 Å². The first-order chi connectivity index (χ1) is 8.22. The molecule has 0 saturated carbocycles. The third-order valence-electron chi connectivity index (χ3n) is 3.63. The van der Waals surface area contributed by atoms with Gasteiger partial charge < -0.3 is 10.7 Å². The Kier molecular flexibility index (Phi) is 2.65. The predicted octanol–water partition coefficient (Wildman–Crippen LogP) is 2.01. The molecular formula is C14H19N3. The predicted molar refractivity (Wildman–Crippen MR) is 70.9 cm³/mol. The molecule has 1 aromatic carbocycles. The molecule has 1 aromatic heterocycles. The first-order valence-electron chi connectivity index (χ1n) is 6.27. The molecular weight excluding hydrogens is 210 g/mol. The van der Waals surface area contributed by atoms with Gasteiger partial charge >= 0.3 is 0 Å². The Morgan fingerprint density at radius 3 is 3.12 bits per heavy atom. The molecule has 0 bridgehead atoms. The lowest BCUT2D eigenvalue weighted by Gasteiger charge is -2.14. The number of aromatic amines is 1. The van der Waals surface area contributed by atoms with Crippen molar-refractivity contribution in [2.75, 3.05) is 13.1 Å². The Balaban J connectivity index is 1.85. The molecule has 0 aliphatic carbocycles. The van der Waals surface area contributed by atoms with Crippen LogP contribution in [-0.2, 0) is 6.54 Å². The summed E-state index contributed by atoms with van der Waals surface area (Å²) in [4.78, 5) is 5.79. The van der Waals surface area contributed by atoms with Gasteiger partial charge in [-0.2, -0.15) is 0 Å². The summed E-state index contributed by atoms with van der Waals surface area (Å²) in [5.41, 5.74) is 9.86. The van der Waals surface area contributed by atoms with Crippen LogP contribution in [0.5, 0.6) is 0 Å². The minimum Gasteiger partial charge on any atom is -0.361 e. The van der Waals surface area contributed by atoms with Crippen LogP contribution in [0, 0.1) is 6.92 Å². The van der Waals surface area contributed by atoms with Crippen molar-refractivity contribution in [3.63, 3.8) is 0 Å². The highest BCUT2D eigenvalue weighted by molar-refractivity contribution is 5.83. The van der Waals surface area contributed by atoms with Crippen LogP contribution in [-0.4, -0.2) is 29.0 Å². The number of likely N-dealkylation sites (tertiary alicyclic amines) is 1. The molecule has 0 amide bonds. The van der Waals surface area contributed by atoms with E-state index in [1.807, 2.05) is 0 Å². The summed E-state index contributed by atoms with van der Waals surface area (Å²) in [6.07, 6.45) is 3.26. The summed E-state index contributed by atoms with van der Waals surface area (Å²) in [6, 6.07) is 6.96. The van der Waals surface area contributed by atoms with Crippen molar-refractivity contribution < 1.29 is 0 Å². The second-order valence-corrected chi connectivity index (χ2v) is 5.15. The molecule has 3 rings (SSSR count). The van der Waals surface area contributed by atoms with Gasteiger partial charge in [0.15, 0.2) is 0 Å². The SMILES string of the molecule is Cc1ccc2c(CN3CCC(N)C3)c[nH]c2c1. The van der Waals surface area contributed by atoms with E-state index in [0.29, 0.717) is 6.04 Å². The quantitative estimate of drug-likeness (QED) is 0.827. The molecule has 90 valence electrons. The third-order valence-corrected chi connectivity index (χ3v) is 3.63. The number of benzene rings is 1. The molecule has 0 spiro atoms. The fourth-order valence-electron chi connectivity index (χ4n) is 2.68. The first kappa shape index (κ1) is 10.8. The zero-order valence-corrected chi connectivity index (χ0v) is 10.2. The normalized spacial score (nSPS) is 21.4. The number of rotatable bonds is 2. The van der Waals surface area contributed by atoms with E-state index < -0.39 is 0 Å². The number of aromatic nitrogens is 1. The lowest BCUT2D eigenvalue weighted by Crippen LogP contribution is -2.26. The Labute approximate surface area is 102 Å². The molecule has 1 aliphatic heterocycles. The molecule has 3 nitrogen and oxygen atoms in total. The van der Waals surface area contributed by atoms with Crippen molar-refractivity contribution in [3.05, 3.63) is 35.5 Å². The van der Waals surface area contributed by atoms with Gasteiger partial charge in [0.25, 0.3) is 0 Å². The van der Waals surface area contributed by atoms with E-state index in [9.17, 15) is 0 Å². The van der Waals surface area contributed by atoms with Gasteiger partial charge in [0.1, 0.15) is 0 Å². The number of fused-ring (bicyclic) bond motifs is 1. The molecule has 2 aromatic rings. The maximum atomic E-state index is 5.94. The highest BCUT2D eigenvalue weighted by Gasteiger charge is 2.19. The highest BCUT2D eigenvalue weighted by atomic mass is 15.2. The van der Waals surface area contributed by atoms with E-state index in [4.69, 9.17) is 5.73 Å². The van der Waals surface area contributed by atoms with Crippen LogP contribution in [0.15, 0.2) is 24.4 Å². The summed E-state index contributed by atoms with van der Waals surface area (Å²) in [7, 11) is 0. The van der Waals surface area contributed by atoms with E-state index in [0.717, 1.165) is 26.1 Å². The minimum absolute atomic E-state index is 0.363.